The molecule has 0 aliphatic carbocycles. The molecule has 45 heavy (non-hydrogen) atoms. The number of rotatable bonds is 13. The van der Waals surface area contributed by atoms with E-state index in [1.54, 1.807) is 45.5 Å². The van der Waals surface area contributed by atoms with Crippen molar-refractivity contribution in [3.8, 4) is 23.0 Å². The Morgan fingerprint density at radius 3 is 2.22 bits per heavy atom. The van der Waals surface area contributed by atoms with E-state index in [4.69, 9.17) is 23.9 Å². The van der Waals surface area contributed by atoms with Crippen LogP contribution >= 0.6 is 0 Å². The second-order valence-electron chi connectivity index (χ2n) is 11.6. The topological polar surface area (TPSA) is 90.3 Å². The molecule has 0 bridgehead atoms. The number of benzene rings is 3. The average molecular weight is 616 g/mol. The molecule has 5 rings (SSSR count). The molecule has 240 valence electrons. The molecule has 1 amide bonds. The lowest BCUT2D eigenvalue weighted by Gasteiger charge is -2.34. The van der Waals surface area contributed by atoms with Gasteiger partial charge in [0.05, 0.1) is 39.5 Å². The number of likely N-dealkylation sites (tertiary alicyclic amines) is 1. The zero-order valence-electron chi connectivity index (χ0n) is 27.2. The van der Waals surface area contributed by atoms with E-state index < -0.39 is 0 Å². The summed E-state index contributed by atoms with van der Waals surface area (Å²) in [5, 5.41) is 3.68. The first-order valence-corrected chi connectivity index (χ1v) is 15.4. The Balaban J connectivity index is 1.23. The number of methoxy groups -OCH3 is 4. The van der Waals surface area contributed by atoms with Gasteiger partial charge in [-0.2, -0.15) is 0 Å². The molecule has 4 aromatic rings. The van der Waals surface area contributed by atoms with Crippen LogP contribution in [0.4, 0.5) is 5.95 Å². The number of nitrogens with one attached hydrogen (secondary N) is 1. The molecule has 2 heterocycles. The Morgan fingerprint density at radius 2 is 1.62 bits per heavy atom. The third kappa shape index (κ3) is 7.28. The van der Waals surface area contributed by atoms with E-state index in [0.717, 1.165) is 61.6 Å². The number of imidazole rings is 1. The lowest BCUT2D eigenvalue weighted by Crippen LogP contribution is -2.40. The summed E-state index contributed by atoms with van der Waals surface area (Å²) in [6.07, 6.45) is 3.02. The van der Waals surface area contributed by atoms with Crippen LogP contribution in [0.5, 0.6) is 23.0 Å². The highest BCUT2D eigenvalue weighted by molar-refractivity contribution is 5.95. The number of ether oxygens (including phenoxy) is 4. The maximum atomic E-state index is 13.7. The predicted molar refractivity (Wildman–Crippen MR) is 177 cm³/mol. The normalized spacial score (nSPS) is 14.6. The minimum Gasteiger partial charge on any atom is -0.497 e. The Hall–Kier alpha value is -4.44. The second-order valence-corrected chi connectivity index (χ2v) is 11.6. The molecule has 10 heteroatoms. The van der Waals surface area contributed by atoms with Crippen LogP contribution in [-0.2, 0) is 7.05 Å². The van der Waals surface area contributed by atoms with Gasteiger partial charge in [0.25, 0.3) is 5.91 Å². The first-order valence-electron chi connectivity index (χ1n) is 15.4. The Labute approximate surface area is 265 Å². The van der Waals surface area contributed by atoms with Crippen molar-refractivity contribution in [1.82, 2.24) is 19.4 Å². The molecule has 0 spiro atoms. The summed E-state index contributed by atoms with van der Waals surface area (Å²) >= 11 is 0. The summed E-state index contributed by atoms with van der Waals surface area (Å²) in [5.74, 6) is 3.14. The molecule has 1 unspecified atom stereocenters. The number of amides is 1. The van der Waals surface area contributed by atoms with Crippen molar-refractivity contribution in [3.05, 3.63) is 71.8 Å². The molecule has 0 saturated carbocycles. The van der Waals surface area contributed by atoms with Gasteiger partial charge in [0, 0.05) is 51.3 Å². The van der Waals surface area contributed by atoms with Crippen molar-refractivity contribution >= 4 is 22.9 Å². The van der Waals surface area contributed by atoms with Gasteiger partial charge in [-0.15, -0.1) is 0 Å². The highest BCUT2D eigenvalue weighted by Gasteiger charge is 2.25. The largest absolute Gasteiger partial charge is 0.497 e. The quantitative estimate of drug-likeness (QED) is 0.213. The standard InChI is InChI=1S/C35H45N5O5/c1-38(34(41)26-21-31(43-4)33(45-6)32(22-26)44-5)23-25(24-11-13-28(42-3)14-12-24)15-18-40-19-16-27(17-20-40)36-35-37-29-9-7-8-10-30(29)39(35)2/h7-14,21-22,25,27H,15-20,23H2,1-6H3,(H,36,37). The molecule has 1 fully saturated rings. The maximum Gasteiger partial charge on any atom is 0.253 e. The number of hydrogen-bond acceptors (Lipinski definition) is 8. The van der Waals surface area contributed by atoms with E-state index >= 15 is 0 Å². The summed E-state index contributed by atoms with van der Waals surface area (Å²) < 4.78 is 23.9. The minimum absolute atomic E-state index is 0.110. The fraction of sp³-hybridized carbons (Fsp3) is 0.429. The van der Waals surface area contributed by atoms with E-state index in [2.05, 4.69) is 46.1 Å². The van der Waals surface area contributed by atoms with E-state index in [1.165, 1.54) is 5.56 Å². The molecular formula is C35H45N5O5. The predicted octanol–water partition coefficient (Wildman–Crippen LogP) is 5.43. The SMILES string of the molecule is COc1ccc(C(CCN2CCC(Nc3nc4ccccc4n3C)CC2)CN(C)C(=O)c2cc(OC)c(OC)c(OC)c2)cc1. The van der Waals surface area contributed by atoms with Gasteiger partial charge in [0.1, 0.15) is 5.75 Å². The van der Waals surface area contributed by atoms with Crippen LogP contribution in [0.1, 0.15) is 41.1 Å². The van der Waals surface area contributed by atoms with E-state index in [0.29, 0.717) is 35.4 Å². The molecule has 3 aromatic carbocycles. The van der Waals surface area contributed by atoms with Crippen molar-refractivity contribution in [2.75, 3.05) is 67.0 Å². The summed E-state index contributed by atoms with van der Waals surface area (Å²) in [7, 11) is 10.2. The monoisotopic (exact) mass is 615 g/mol. The maximum absolute atomic E-state index is 13.7. The summed E-state index contributed by atoms with van der Waals surface area (Å²) in [6, 6.07) is 20.2. The van der Waals surface area contributed by atoms with Gasteiger partial charge in [0.2, 0.25) is 11.7 Å². The number of para-hydroxylation sites is 2. The summed E-state index contributed by atoms with van der Waals surface area (Å²) in [4.78, 5) is 22.8. The molecule has 1 aromatic heterocycles. The summed E-state index contributed by atoms with van der Waals surface area (Å²) in [5.41, 5.74) is 3.81. The number of aryl methyl sites for hydroxylation is 1. The van der Waals surface area contributed by atoms with Crippen LogP contribution in [0.3, 0.4) is 0 Å². The van der Waals surface area contributed by atoms with Gasteiger partial charge in [-0.1, -0.05) is 24.3 Å². The number of likely N-dealkylation sites (N-methyl/N-ethyl adjacent to an activating group) is 1. The number of anilines is 1. The smallest absolute Gasteiger partial charge is 0.253 e. The van der Waals surface area contributed by atoms with E-state index in [1.807, 2.05) is 31.3 Å². The Bertz CT molecular complexity index is 1550. The van der Waals surface area contributed by atoms with Gasteiger partial charge < -0.3 is 38.6 Å². The second kappa shape index (κ2) is 14.6. The third-order valence-corrected chi connectivity index (χ3v) is 8.84. The molecular weight excluding hydrogens is 570 g/mol. The van der Waals surface area contributed by atoms with Crippen LogP contribution in [0.15, 0.2) is 60.7 Å². The van der Waals surface area contributed by atoms with Crippen LogP contribution in [0, 0.1) is 0 Å². The van der Waals surface area contributed by atoms with Crippen LogP contribution in [-0.4, -0.2) is 93.0 Å². The first-order chi connectivity index (χ1) is 21.8. The number of aromatic nitrogens is 2. The number of fused-ring (bicyclic) bond motifs is 1. The van der Waals surface area contributed by atoms with Crippen molar-refractivity contribution < 1.29 is 23.7 Å². The van der Waals surface area contributed by atoms with Crippen molar-refractivity contribution in [3.63, 3.8) is 0 Å². The molecule has 0 radical (unpaired) electrons. The lowest BCUT2D eigenvalue weighted by atomic mass is 9.93. The highest BCUT2D eigenvalue weighted by Crippen LogP contribution is 2.38. The minimum atomic E-state index is -0.110. The van der Waals surface area contributed by atoms with Crippen LogP contribution in [0.25, 0.3) is 11.0 Å². The Kier molecular flexibility index (Phi) is 10.3. The highest BCUT2D eigenvalue weighted by atomic mass is 16.5. The summed E-state index contributed by atoms with van der Waals surface area (Å²) in [6.45, 7) is 3.53. The van der Waals surface area contributed by atoms with E-state index in [-0.39, 0.29) is 11.8 Å². The zero-order chi connectivity index (χ0) is 31.9. The third-order valence-electron chi connectivity index (χ3n) is 8.84. The van der Waals surface area contributed by atoms with Gasteiger partial charge in [0.15, 0.2) is 11.5 Å². The van der Waals surface area contributed by atoms with Crippen molar-refractivity contribution in [2.24, 2.45) is 7.05 Å². The number of nitrogens with zero attached hydrogens (tertiary/aromatic N) is 4. The molecule has 1 atom stereocenters. The zero-order valence-corrected chi connectivity index (χ0v) is 27.2. The molecule has 1 saturated heterocycles. The van der Waals surface area contributed by atoms with Gasteiger partial charge in [-0.05, 0) is 67.8 Å². The molecule has 1 aliphatic heterocycles. The van der Waals surface area contributed by atoms with Crippen LogP contribution in [0.2, 0.25) is 0 Å². The van der Waals surface area contributed by atoms with Crippen LogP contribution < -0.4 is 24.3 Å². The van der Waals surface area contributed by atoms with Crippen molar-refractivity contribution in [1.29, 1.82) is 0 Å². The fourth-order valence-corrected chi connectivity index (χ4v) is 6.17. The number of carbonyl (C=O) groups excluding carboxylic acids is 1. The molecule has 1 aliphatic rings. The number of hydrogen-bond donors (Lipinski definition) is 1. The number of piperidine rings is 1. The first kappa shape index (κ1) is 32.0. The van der Waals surface area contributed by atoms with Crippen molar-refractivity contribution in [2.45, 2.75) is 31.2 Å². The molecule has 10 nitrogen and oxygen atoms in total. The van der Waals surface area contributed by atoms with Gasteiger partial charge >= 0.3 is 0 Å². The van der Waals surface area contributed by atoms with Gasteiger partial charge in [-0.3, -0.25) is 4.79 Å². The van der Waals surface area contributed by atoms with E-state index in [9.17, 15) is 4.79 Å². The lowest BCUT2D eigenvalue weighted by molar-refractivity contribution is 0.0781. The molecule has 1 N–H and O–H groups in total. The average Bonchev–Trinajstić information content (AvgIpc) is 3.40. The number of carbonyl (C=O) groups is 1. The Morgan fingerprint density at radius 1 is 0.956 bits per heavy atom. The fourth-order valence-electron chi connectivity index (χ4n) is 6.17. The van der Waals surface area contributed by atoms with Gasteiger partial charge in [-0.25, -0.2) is 4.98 Å².